The lowest BCUT2D eigenvalue weighted by Gasteiger charge is -2.39. The van der Waals surface area contributed by atoms with E-state index in [0.717, 1.165) is 91.3 Å². The molecule has 0 amide bonds. The second kappa shape index (κ2) is 13.4. The molecule has 2 atom stereocenters. The summed E-state index contributed by atoms with van der Waals surface area (Å²) in [6.45, 7) is 5.28. The van der Waals surface area contributed by atoms with E-state index >= 15 is 0 Å². The summed E-state index contributed by atoms with van der Waals surface area (Å²) in [5, 5.41) is 31.0. The Morgan fingerprint density at radius 2 is 1.95 bits per heavy atom. The molecule has 10 heteroatoms. The number of nitrogens with zero attached hydrogens (tertiary/aromatic N) is 1. The average molecular weight is 594 g/mol. The summed E-state index contributed by atoms with van der Waals surface area (Å²) < 4.78 is 16.7. The van der Waals surface area contributed by atoms with Gasteiger partial charge in [-0.25, -0.2) is 4.79 Å². The number of ether oxygens (including phenoxy) is 2. The Kier molecular flexibility index (Phi) is 9.61. The highest BCUT2D eigenvalue weighted by atomic mass is 16.5. The molecule has 10 nitrogen and oxygen atoms in total. The van der Waals surface area contributed by atoms with Crippen LogP contribution in [0.25, 0.3) is 21.9 Å². The van der Waals surface area contributed by atoms with Crippen molar-refractivity contribution in [2.24, 2.45) is 11.7 Å². The molecule has 0 bridgehead atoms. The number of rotatable bonds is 8. The van der Waals surface area contributed by atoms with Crippen molar-refractivity contribution >= 4 is 27.8 Å². The first-order chi connectivity index (χ1) is 20.6. The Bertz CT molecular complexity index is 1520. The monoisotopic (exact) mass is 593 g/mol. The summed E-state index contributed by atoms with van der Waals surface area (Å²) in [5.41, 5.74) is 7.87. The Hall–Kier alpha value is -3.57. The van der Waals surface area contributed by atoms with Crippen molar-refractivity contribution < 1.29 is 34.0 Å². The molecule has 1 saturated heterocycles. The van der Waals surface area contributed by atoms with Gasteiger partial charge in [-0.3, -0.25) is 0 Å². The zero-order chi connectivity index (χ0) is 30.6. The number of nitrogens with two attached hydrogens (primary N) is 1. The molecule has 1 aliphatic heterocycles. The molecule has 2 aromatic carbocycles. The highest BCUT2D eigenvalue weighted by Crippen LogP contribution is 2.32. The Balaban J connectivity index is 0.000000181. The van der Waals surface area contributed by atoms with E-state index in [2.05, 4.69) is 16.8 Å². The maximum atomic E-state index is 11.1. The van der Waals surface area contributed by atoms with Gasteiger partial charge in [0.2, 0.25) is 0 Å². The van der Waals surface area contributed by atoms with Crippen LogP contribution in [-0.2, 0) is 6.61 Å². The summed E-state index contributed by atoms with van der Waals surface area (Å²) in [6.07, 6.45) is 6.83. The summed E-state index contributed by atoms with van der Waals surface area (Å²) >= 11 is 0. The first-order valence-corrected chi connectivity index (χ1v) is 15.0. The molecule has 6 rings (SSSR count). The third kappa shape index (κ3) is 7.51. The van der Waals surface area contributed by atoms with Crippen LogP contribution in [0.3, 0.4) is 0 Å². The van der Waals surface area contributed by atoms with E-state index in [4.69, 9.17) is 24.7 Å². The molecule has 2 aliphatic rings. The van der Waals surface area contributed by atoms with Gasteiger partial charge in [0.05, 0.1) is 25.1 Å². The minimum absolute atomic E-state index is 0.131. The predicted octanol–water partition coefficient (Wildman–Crippen LogP) is 4.91. The number of benzene rings is 2. The van der Waals surface area contributed by atoms with E-state index in [-0.39, 0.29) is 17.8 Å². The molecular formula is C33H43N3O7. The Morgan fingerprint density at radius 1 is 1.16 bits per heavy atom. The Labute approximate surface area is 251 Å². The first kappa shape index (κ1) is 30.9. The van der Waals surface area contributed by atoms with Gasteiger partial charge in [0.25, 0.3) is 0 Å². The van der Waals surface area contributed by atoms with Crippen LogP contribution in [0.2, 0.25) is 0 Å². The maximum absolute atomic E-state index is 11.1. The number of furan rings is 1. The molecular weight excluding hydrogens is 550 g/mol. The van der Waals surface area contributed by atoms with Crippen molar-refractivity contribution in [3.63, 3.8) is 0 Å². The third-order valence-corrected chi connectivity index (χ3v) is 8.90. The summed E-state index contributed by atoms with van der Waals surface area (Å²) in [5.74, 6) is 0.696. The smallest absolute Gasteiger partial charge is 0.352 e. The highest BCUT2D eigenvalue weighted by Gasteiger charge is 2.33. The van der Waals surface area contributed by atoms with Gasteiger partial charge in [0.15, 0.2) is 0 Å². The van der Waals surface area contributed by atoms with Crippen molar-refractivity contribution in [2.45, 2.75) is 69.8 Å². The lowest BCUT2D eigenvalue weighted by atomic mass is 9.80. The van der Waals surface area contributed by atoms with Crippen molar-refractivity contribution in [3.8, 4) is 11.5 Å². The van der Waals surface area contributed by atoms with E-state index < -0.39 is 11.6 Å². The number of aliphatic hydroxyl groups is 2. The summed E-state index contributed by atoms with van der Waals surface area (Å²) in [7, 11) is 1.61. The molecule has 2 aromatic heterocycles. The van der Waals surface area contributed by atoms with Crippen LogP contribution in [0.1, 0.15) is 61.5 Å². The number of hydrogen-bond donors (Lipinski definition) is 5. The van der Waals surface area contributed by atoms with Gasteiger partial charge in [0, 0.05) is 53.6 Å². The van der Waals surface area contributed by atoms with Crippen molar-refractivity contribution in [2.75, 3.05) is 26.7 Å². The van der Waals surface area contributed by atoms with E-state index in [1.54, 1.807) is 19.4 Å². The summed E-state index contributed by atoms with van der Waals surface area (Å²) in [4.78, 5) is 16.4. The van der Waals surface area contributed by atoms with Gasteiger partial charge < -0.3 is 44.8 Å². The number of aromatic nitrogens is 1. The fourth-order valence-electron chi connectivity index (χ4n) is 6.04. The van der Waals surface area contributed by atoms with Gasteiger partial charge in [-0.05, 0) is 74.8 Å². The number of hydrogen-bond acceptors (Lipinski definition) is 8. The molecule has 0 radical (unpaired) electrons. The molecule has 1 saturated carbocycles. The lowest BCUT2D eigenvalue weighted by molar-refractivity contribution is -0.0252. The van der Waals surface area contributed by atoms with E-state index in [9.17, 15) is 15.0 Å². The number of likely N-dealkylation sites (tertiary alicyclic amines) is 1. The van der Waals surface area contributed by atoms with Crippen LogP contribution in [-0.4, -0.2) is 75.7 Å². The molecule has 232 valence electrons. The number of carbonyl (C=O) groups is 1. The third-order valence-electron chi connectivity index (χ3n) is 8.90. The largest absolute Gasteiger partial charge is 0.497 e. The molecule has 2 fully saturated rings. The van der Waals surface area contributed by atoms with Crippen LogP contribution in [0, 0.1) is 5.92 Å². The molecule has 43 heavy (non-hydrogen) atoms. The van der Waals surface area contributed by atoms with E-state index in [0.29, 0.717) is 18.3 Å². The fraction of sp³-hybridized carbons (Fsp3) is 0.485. The number of aromatic amines is 1. The molecule has 1 aliphatic carbocycles. The number of aromatic carboxylic acids is 1. The van der Waals surface area contributed by atoms with Crippen LogP contribution >= 0.6 is 0 Å². The quantitative estimate of drug-likeness (QED) is 0.192. The predicted molar refractivity (Wildman–Crippen MR) is 165 cm³/mol. The van der Waals surface area contributed by atoms with Gasteiger partial charge in [-0.1, -0.05) is 13.0 Å². The normalized spacial score (nSPS) is 24.4. The number of piperidine rings is 1. The number of carboxylic acid groups (broad SMARTS) is 1. The van der Waals surface area contributed by atoms with Gasteiger partial charge >= 0.3 is 5.97 Å². The Morgan fingerprint density at radius 3 is 2.67 bits per heavy atom. The average Bonchev–Trinajstić information content (AvgIpc) is 3.63. The highest BCUT2D eigenvalue weighted by molar-refractivity contribution is 5.96. The summed E-state index contributed by atoms with van der Waals surface area (Å²) in [6, 6.07) is 12.9. The number of methoxy groups -OCH3 is 1. The minimum Gasteiger partial charge on any atom is -0.497 e. The minimum atomic E-state index is -1.00. The van der Waals surface area contributed by atoms with Crippen LogP contribution < -0.4 is 15.2 Å². The van der Waals surface area contributed by atoms with E-state index in [1.165, 1.54) is 0 Å². The molecule has 3 heterocycles. The SMILES string of the molecule is COc1ccc2c(COc3cccc4[nH]c(C(=O)O)cc34)coc2c1.C[C@H]1CN(CCC2(O)CCC(N)CC2)CC[C@@H]1O. The van der Waals surface area contributed by atoms with Crippen molar-refractivity contribution in [3.05, 3.63) is 60.0 Å². The number of carboxylic acids is 1. The fourth-order valence-corrected chi connectivity index (χ4v) is 6.04. The van der Waals surface area contributed by atoms with Gasteiger partial charge in [0.1, 0.15) is 29.4 Å². The maximum Gasteiger partial charge on any atom is 0.352 e. The number of nitrogens with one attached hydrogen (secondary N) is 1. The number of H-pyrrole nitrogens is 1. The second-order valence-electron chi connectivity index (χ2n) is 12.1. The standard InChI is InChI=1S/C19H15NO5.C14H28N2O2/c1-23-12-5-6-13-11(10-25-18(13)7-12)9-24-17-4-2-3-15-14(17)8-16(20-15)19(21)22;1-11-10-16(8-4-13(11)17)9-7-14(18)5-2-12(15)3-6-14/h2-8,10,20H,9H2,1H3,(H,21,22);11-13,17-18H,2-10,15H2,1H3/t;11-,12?,13-,14?/m.0/s1. The second-order valence-corrected chi connectivity index (χ2v) is 12.1. The van der Waals surface area contributed by atoms with Crippen LogP contribution in [0.5, 0.6) is 11.5 Å². The van der Waals surface area contributed by atoms with Gasteiger partial charge in [-0.15, -0.1) is 0 Å². The molecule has 0 spiro atoms. The lowest BCUT2D eigenvalue weighted by Crippen LogP contribution is -2.45. The first-order valence-electron chi connectivity index (χ1n) is 15.0. The molecule has 6 N–H and O–H groups in total. The zero-order valence-corrected chi connectivity index (χ0v) is 24.9. The molecule has 4 aromatic rings. The zero-order valence-electron chi connectivity index (χ0n) is 24.9. The topological polar surface area (TPSA) is 154 Å². The number of aliphatic hydroxyl groups excluding tert-OH is 1. The van der Waals surface area contributed by atoms with Crippen molar-refractivity contribution in [1.82, 2.24) is 9.88 Å². The van der Waals surface area contributed by atoms with Crippen LogP contribution in [0.15, 0.2) is 53.1 Å². The number of fused-ring (bicyclic) bond motifs is 2. The van der Waals surface area contributed by atoms with Crippen molar-refractivity contribution in [1.29, 1.82) is 0 Å². The van der Waals surface area contributed by atoms with Gasteiger partial charge in [-0.2, -0.15) is 0 Å². The van der Waals surface area contributed by atoms with Crippen LogP contribution in [0.4, 0.5) is 0 Å². The van der Waals surface area contributed by atoms with E-state index in [1.807, 2.05) is 36.4 Å². The molecule has 0 unspecified atom stereocenters.